The highest BCUT2D eigenvalue weighted by atomic mass is 35.5. The summed E-state index contributed by atoms with van der Waals surface area (Å²) in [7, 11) is -0.854. The van der Waals surface area contributed by atoms with Crippen LogP contribution in [0.4, 0.5) is 11.5 Å². The van der Waals surface area contributed by atoms with Gasteiger partial charge in [0.2, 0.25) is 0 Å². The third-order valence-electron chi connectivity index (χ3n) is 4.39. The Kier molecular flexibility index (Phi) is 5.35. The maximum absolute atomic E-state index is 9.44. The van der Waals surface area contributed by atoms with Crippen LogP contribution < -0.4 is 5.32 Å². The van der Waals surface area contributed by atoms with Gasteiger partial charge in [-0.05, 0) is 49.7 Å². The maximum atomic E-state index is 9.44. The number of aliphatic imine (C=N–C) groups is 1. The van der Waals surface area contributed by atoms with Gasteiger partial charge in [0.25, 0.3) is 0 Å². The van der Waals surface area contributed by atoms with Crippen LogP contribution in [-0.4, -0.2) is 34.5 Å². The van der Waals surface area contributed by atoms with Gasteiger partial charge in [0.1, 0.15) is 5.82 Å². The van der Waals surface area contributed by atoms with E-state index < -0.39 is 7.12 Å². The second-order valence-electron chi connectivity index (χ2n) is 6.34. The molecule has 1 aliphatic heterocycles. The Morgan fingerprint density at radius 2 is 2.00 bits per heavy atom. The number of hydrogen-bond acceptors (Lipinski definition) is 7. The molecule has 0 saturated carbocycles. The number of rotatable bonds is 5. The van der Waals surface area contributed by atoms with Gasteiger partial charge in [-0.25, -0.2) is 9.97 Å². The number of halogens is 1. The smallest absolute Gasteiger partial charge is 0.521 e. The van der Waals surface area contributed by atoms with Crippen molar-refractivity contribution in [3.05, 3.63) is 57.6 Å². The molecule has 0 bridgehead atoms. The summed E-state index contributed by atoms with van der Waals surface area (Å²) < 4.78 is 5.99. The highest BCUT2D eigenvalue weighted by Gasteiger charge is 2.24. The Bertz CT molecular complexity index is 1040. The molecule has 6 nitrogen and oxygen atoms in total. The second kappa shape index (κ2) is 7.91. The first-order chi connectivity index (χ1) is 13.5. The van der Waals surface area contributed by atoms with Crippen LogP contribution in [-0.2, 0) is 11.1 Å². The molecule has 0 atom stereocenters. The van der Waals surface area contributed by atoms with Crippen molar-refractivity contribution in [2.75, 3.05) is 11.8 Å². The molecule has 1 aromatic carbocycles. The van der Waals surface area contributed by atoms with E-state index in [4.69, 9.17) is 21.2 Å². The predicted molar refractivity (Wildman–Crippen MR) is 115 cm³/mol. The van der Waals surface area contributed by atoms with Crippen molar-refractivity contribution < 1.29 is 9.68 Å². The van der Waals surface area contributed by atoms with Crippen LogP contribution in [0.3, 0.4) is 0 Å². The van der Waals surface area contributed by atoms with Gasteiger partial charge < -0.3 is 15.0 Å². The second-order valence-corrected chi connectivity index (χ2v) is 8.05. The van der Waals surface area contributed by atoms with Gasteiger partial charge in [0.15, 0.2) is 11.7 Å². The van der Waals surface area contributed by atoms with Crippen molar-refractivity contribution >= 4 is 47.5 Å². The number of hydrogen-bond donors (Lipinski definition) is 2. The number of thiophene rings is 1. The molecule has 0 fully saturated rings. The third-order valence-corrected chi connectivity index (χ3v) is 5.62. The van der Waals surface area contributed by atoms with E-state index in [1.54, 1.807) is 0 Å². The molecule has 1 aliphatic rings. The number of anilines is 2. The van der Waals surface area contributed by atoms with Crippen LogP contribution in [0, 0.1) is 6.92 Å². The highest BCUT2D eigenvalue weighted by molar-refractivity contribution is 7.19. The normalized spacial score (nSPS) is 13.4. The summed E-state index contributed by atoms with van der Waals surface area (Å²) in [4.78, 5) is 14.5. The molecular formula is C19H18BClN4O2S. The first-order valence-corrected chi connectivity index (χ1v) is 10.1. The molecule has 0 unspecified atom stereocenters. The summed E-state index contributed by atoms with van der Waals surface area (Å²) in [5.41, 5.74) is 3.73. The molecule has 28 heavy (non-hydrogen) atoms. The Hall–Kier alpha value is -2.42. The van der Waals surface area contributed by atoms with E-state index in [9.17, 15) is 5.02 Å². The molecule has 3 aromatic rings. The van der Waals surface area contributed by atoms with Gasteiger partial charge in [0, 0.05) is 22.5 Å². The van der Waals surface area contributed by atoms with Gasteiger partial charge in [-0.2, -0.15) is 0 Å². The average Bonchev–Trinajstić information content (AvgIpc) is 3.31. The zero-order chi connectivity index (χ0) is 19.7. The van der Waals surface area contributed by atoms with Crippen molar-refractivity contribution in [3.8, 4) is 10.7 Å². The molecule has 142 valence electrons. The lowest BCUT2D eigenvalue weighted by atomic mass is 9.93. The Labute approximate surface area is 172 Å². The summed E-state index contributed by atoms with van der Waals surface area (Å²) in [6, 6.07) is 11.5. The monoisotopic (exact) mass is 412 g/mol. The molecule has 4 rings (SSSR count). The standard InChI is InChI=1S/C19H18BClN4O2S/c1-3-14-11(2)23-18(15-8-9-16(21)28-15)25-17(14)24-13-6-4-12(5-7-13)19-22-10-20(26)27-19/h4-9,26H,3,10H2,1-2H3,(H,23,24,25). The van der Waals surface area contributed by atoms with Gasteiger partial charge in [0.05, 0.1) is 15.7 Å². The lowest BCUT2D eigenvalue weighted by Gasteiger charge is -2.14. The SMILES string of the molecule is CCc1c(C)nc(-c2ccc(Cl)s2)nc1Nc1ccc(C2=NCB(O)O2)cc1. The molecule has 3 heterocycles. The molecule has 2 aromatic heterocycles. The summed E-state index contributed by atoms with van der Waals surface area (Å²) >= 11 is 7.53. The molecule has 0 spiro atoms. The first kappa shape index (κ1) is 18.9. The lowest BCUT2D eigenvalue weighted by Crippen LogP contribution is -2.18. The molecule has 0 saturated heterocycles. The van der Waals surface area contributed by atoms with Crippen molar-refractivity contribution in [2.24, 2.45) is 4.99 Å². The minimum Gasteiger partial charge on any atom is -0.521 e. The molecule has 2 N–H and O–H groups in total. The summed E-state index contributed by atoms with van der Waals surface area (Å²) in [6.45, 7) is 4.08. The molecule has 0 amide bonds. The Balaban J connectivity index is 1.62. The van der Waals surface area contributed by atoms with Gasteiger partial charge in [-0.15, -0.1) is 11.3 Å². The third kappa shape index (κ3) is 3.89. The summed E-state index contributed by atoms with van der Waals surface area (Å²) in [6.07, 6.45) is 1.09. The quantitative estimate of drug-likeness (QED) is 0.612. The zero-order valence-corrected chi connectivity index (χ0v) is 17.0. The van der Waals surface area contributed by atoms with E-state index in [0.29, 0.717) is 16.1 Å². The minimum atomic E-state index is -0.854. The number of aryl methyl sites for hydroxylation is 1. The topological polar surface area (TPSA) is 79.6 Å². The number of aromatic nitrogens is 2. The van der Waals surface area contributed by atoms with Crippen LogP contribution in [0.5, 0.6) is 0 Å². The van der Waals surface area contributed by atoms with E-state index in [-0.39, 0.29) is 6.44 Å². The zero-order valence-electron chi connectivity index (χ0n) is 15.4. The van der Waals surface area contributed by atoms with Crippen molar-refractivity contribution in [3.63, 3.8) is 0 Å². The van der Waals surface area contributed by atoms with E-state index in [2.05, 4.69) is 22.2 Å². The van der Waals surface area contributed by atoms with Gasteiger partial charge in [-0.3, -0.25) is 4.99 Å². The number of nitrogens with one attached hydrogen (secondary N) is 1. The highest BCUT2D eigenvalue weighted by Crippen LogP contribution is 2.31. The number of benzene rings is 1. The Morgan fingerprint density at radius 3 is 2.61 bits per heavy atom. The van der Waals surface area contributed by atoms with E-state index in [1.807, 2.05) is 43.3 Å². The van der Waals surface area contributed by atoms with E-state index in [1.165, 1.54) is 11.3 Å². The van der Waals surface area contributed by atoms with Gasteiger partial charge in [-0.1, -0.05) is 18.5 Å². The van der Waals surface area contributed by atoms with Crippen LogP contribution in [0.15, 0.2) is 41.4 Å². The summed E-state index contributed by atoms with van der Waals surface area (Å²) in [5, 5.41) is 12.8. The van der Waals surface area contributed by atoms with Crippen LogP contribution in [0.1, 0.15) is 23.7 Å². The van der Waals surface area contributed by atoms with E-state index >= 15 is 0 Å². The fraction of sp³-hybridized carbons (Fsp3) is 0.211. The fourth-order valence-electron chi connectivity index (χ4n) is 3.02. The lowest BCUT2D eigenvalue weighted by molar-refractivity contribution is 0.428. The molecule has 0 aliphatic carbocycles. The average molecular weight is 413 g/mol. The maximum Gasteiger partial charge on any atom is 0.546 e. The molecule has 0 radical (unpaired) electrons. The minimum absolute atomic E-state index is 0.269. The van der Waals surface area contributed by atoms with Crippen LogP contribution >= 0.6 is 22.9 Å². The van der Waals surface area contributed by atoms with Crippen LogP contribution in [0.25, 0.3) is 10.7 Å². The van der Waals surface area contributed by atoms with Crippen molar-refractivity contribution in [1.29, 1.82) is 0 Å². The largest absolute Gasteiger partial charge is 0.546 e. The van der Waals surface area contributed by atoms with Crippen molar-refractivity contribution in [1.82, 2.24) is 9.97 Å². The van der Waals surface area contributed by atoms with E-state index in [0.717, 1.165) is 39.6 Å². The van der Waals surface area contributed by atoms with Gasteiger partial charge >= 0.3 is 7.12 Å². The first-order valence-electron chi connectivity index (χ1n) is 8.93. The number of nitrogens with zero attached hydrogens (tertiary/aromatic N) is 3. The van der Waals surface area contributed by atoms with Crippen LogP contribution in [0.2, 0.25) is 4.34 Å². The summed E-state index contributed by atoms with van der Waals surface area (Å²) in [5.74, 6) is 1.91. The Morgan fingerprint density at radius 1 is 1.21 bits per heavy atom. The molecular weight excluding hydrogens is 395 g/mol. The fourth-order valence-corrected chi connectivity index (χ4v) is 4.00. The molecule has 9 heteroatoms. The predicted octanol–water partition coefficient (Wildman–Crippen LogP) is 4.27. The van der Waals surface area contributed by atoms with Crippen molar-refractivity contribution in [2.45, 2.75) is 20.3 Å².